The SMILES string of the molecule is C/C(Nc1ccc(C)c([N+](=O)[O-])c1)=C1/C(=O)Nc2ccc(N)cc21. The Kier molecular flexibility index (Phi) is 3.69. The van der Waals surface area contributed by atoms with E-state index in [2.05, 4.69) is 10.6 Å². The number of rotatable bonds is 3. The van der Waals surface area contributed by atoms with E-state index < -0.39 is 4.92 Å². The summed E-state index contributed by atoms with van der Waals surface area (Å²) in [6.45, 7) is 3.43. The average Bonchev–Trinajstić information content (AvgIpc) is 2.84. The van der Waals surface area contributed by atoms with E-state index in [4.69, 9.17) is 5.73 Å². The van der Waals surface area contributed by atoms with Gasteiger partial charge in [0.15, 0.2) is 0 Å². The number of carbonyl (C=O) groups excluding carboxylic acids is 1. The number of carbonyl (C=O) groups is 1. The third-order valence-corrected chi connectivity index (χ3v) is 3.90. The van der Waals surface area contributed by atoms with Gasteiger partial charge in [0.1, 0.15) is 0 Å². The van der Waals surface area contributed by atoms with Crippen molar-refractivity contribution in [3.8, 4) is 0 Å². The van der Waals surface area contributed by atoms with Gasteiger partial charge in [-0.3, -0.25) is 14.9 Å². The standard InChI is InChI=1S/C17H16N4O3/c1-9-3-5-12(8-15(9)21(23)24)19-10(2)16-13-7-11(18)4-6-14(13)20-17(16)22/h3-8,19H,18H2,1-2H3,(H,20,22)/b16-10-. The molecule has 2 aromatic rings. The van der Waals surface area contributed by atoms with Crippen molar-refractivity contribution in [2.75, 3.05) is 16.4 Å². The van der Waals surface area contributed by atoms with E-state index in [9.17, 15) is 14.9 Å². The van der Waals surface area contributed by atoms with Gasteiger partial charge >= 0.3 is 0 Å². The lowest BCUT2D eigenvalue weighted by Crippen LogP contribution is -2.09. The molecule has 0 aromatic heterocycles. The number of hydrogen-bond acceptors (Lipinski definition) is 5. The fraction of sp³-hybridized carbons (Fsp3) is 0.118. The number of hydrogen-bond donors (Lipinski definition) is 3. The Bertz CT molecular complexity index is 903. The second-order valence-electron chi connectivity index (χ2n) is 5.64. The van der Waals surface area contributed by atoms with Crippen LogP contribution in [0.4, 0.5) is 22.7 Å². The van der Waals surface area contributed by atoms with Crippen molar-refractivity contribution in [3.05, 3.63) is 63.3 Å². The van der Waals surface area contributed by atoms with E-state index >= 15 is 0 Å². The van der Waals surface area contributed by atoms with E-state index in [0.717, 1.165) is 0 Å². The van der Waals surface area contributed by atoms with Crippen molar-refractivity contribution in [2.24, 2.45) is 0 Å². The topological polar surface area (TPSA) is 110 Å². The number of nitrogens with zero attached hydrogens (tertiary/aromatic N) is 1. The number of nitrogens with one attached hydrogen (secondary N) is 2. The highest BCUT2D eigenvalue weighted by Crippen LogP contribution is 2.35. The van der Waals surface area contributed by atoms with Gasteiger partial charge in [0.25, 0.3) is 11.6 Å². The van der Waals surface area contributed by atoms with Crippen molar-refractivity contribution in [2.45, 2.75) is 13.8 Å². The molecule has 24 heavy (non-hydrogen) atoms. The highest BCUT2D eigenvalue weighted by molar-refractivity contribution is 6.32. The van der Waals surface area contributed by atoms with E-state index in [1.807, 2.05) is 0 Å². The van der Waals surface area contributed by atoms with Crippen molar-refractivity contribution < 1.29 is 9.72 Å². The van der Waals surface area contributed by atoms with E-state index in [1.54, 1.807) is 44.2 Å². The first kappa shape index (κ1) is 15.5. The summed E-state index contributed by atoms with van der Waals surface area (Å²) in [5.41, 5.74) is 9.98. The van der Waals surface area contributed by atoms with Gasteiger partial charge in [-0.1, -0.05) is 6.07 Å². The molecule has 7 heteroatoms. The predicted octanol–water partition coefficient (Wildman–Crippen LogP) is 3.28. The van der Waals surface area contributed by atoms with Gasteiger partial charge in [-0.05, 0) is 38.1 Å². The summed E-state index contributed by atoms with van der Waals surface area (Å²) >= 11 is 0. The van der Waals surface area contributed by atoms with Crippen LogP contribution >= 0.6 is 0 Å². The number of nitrogens with two attached hydrogens (primary N) is 1. The Hall–Kier alpha value is -3.35. The van der Waals surface area contributed by atoms with Crippen LogP contribution in [0, 0.1) is 17.0 Å². The molecule has 7 nitrogen and oxygen atoms in total. The number of benzene rings is 2. The summed E-state index contributed by atoms with van der Waals surface area (Å²) in [7, 11) is 0. The van der Waals surface area contributed by atoms with Crippen LogP contribution in [0.3, 0.4) is 0 Å². The lowest BCUT2D eigenvalue weighted by Gasteiger charge is -2.10. The molecule has 0 saturated heterocycles. The van der Waals surface area contributed by atoms with Crippen molar-refractivity contribution >= 4 is 34.2 Å². The lowest BCUT2D eigenvalue weighted by molar-refractivity contribution is -0.385. The number of fused-ring (bicyclic) bond motifs is 1. The maximum absolute atomic E-state index is 12.2. The quantitative estimate of drug-likeness (QED) is 0.347. The van der Waals surface area contributed by atoms with Crippen LogP contribution in [0.1, 0.15) is 18.1 Å². The summed E-state index contributed by atoms with van der Waals surface area (Å²) in [6, 6.07) is 10.0. The van der Waals surface area contributed by atoms with Crippen molar-refractivity contribution in [1.29, 1.82) is 0 Å². The predicted molar refractivity (Wildman–Crippen MR) is 93.5 cm³/mol. The number of aryl methyl sites for hydroxylation is 1. The molecule has 0 spiro atoms. The third-order valence-electron chi connectivity index (χ3n) is 3.90. The number of anilines is 3. The molecule has 0 fully saturated rings. The molecule has 0 saturated carbocycles. The average molecular weight is 324 g/mol. The van der Waals surface area contributed by atoms with Gasteiger partial charge in [-0.2, -0.15) is 0 Å². The van der Waals surface area contributed by atoms with Gasteiger partial charge in [-0.15, -0.1) is 0 Å². The first-order valence-electron chi connectivity index (χ1n) is 7.31. The molecule has 0 bridgehead atoms. The summed E-state index contributed by atoms with van der Waals surface area (Å²) in [5.74, 6) is -0.234. The Morgan fingerprint density at radius 1 is 1.25 bits per heavy atom. The monoisotopic (exact) mass is 324 g/mol. The molecule has 1 aliphatic heterocycles. The number of nitrogen functional groups attached to an aromatic ring is 1. The second-order valence-corrected chi connectivity index (χ2v) is 5.64. The Morgan fingerprint density at radius 2 is 2.00 bits per heavy atom. The molecule has 1 heterocycles. The van der Waals surface area contributed by atoms with Gasteiger partial charge in [0.05, 0.1) is 10.5 Å². The van der Waals surface area contributed by atoms with Crippen LogP contribution in [-0.4, -0.2) is 10.8 Å². The number of nitro benzene ring substituents is 1. The summed E-state index contributed by atoms with van der Waals surface area (Å²) in [6.07, 6.45) is 0. The largest absolute Gasteiger partial charge is 0.399 e. The second kappa shape index (κ2) is 5.69. The molecule has 1 amide bonds. The summed E-state index contributed by atoms with van der Waals surface area (Å²) in [5, 5.41) is 16.9. The minimum absolute atomic E-state index is 0.0262. The van der Waals surface area contributed by atoms with E-state index in [1.165, 1.54) is 6.07 Å². The highest BCUT2D eigenvalue weighted by Gasteiger charge is 2.26. The minimum atomic E-state index is -0.429. The normalized spacial score (nSPS) is 14.8. The zero-order valence-electron chi connectivity index (χ0n) is 13.2. The van der Waals surface area contributed by atoms with Crippen LogP contribution < -0.4 is 16.4 Å². The van der Waals surface area contributed by atoms with Gasteiger partial charge in [-0.25, -0.2) is 0 Å². The first-order chi connectivity index (χ1) is 11.4. The van der Waals surface area contributed by atoms with Crippen LogP contribution in [0.15, 0.2) is 42.1 Å². The van der Waals surface area contributed by atoms with Gasteiger partial charge < -0.3 is 16.4 Å². The summed E-state index contributed by atoms with van der Waals surface area (Å²) in [4.78, 5) is 22.9. The molecule has 0 atom stereocenters. The first-order valence-corrected chi connectivity index (χ1v) is 7.31. The molecule has 1 aliphatic rings. The van der Waals surface area contributed by atoms with Gasteiger partial charge in [0.2, 0.25) is 0 Å². The molecule has 0 aliphatic carbocycles. The molecule has 3 rings (SSSR count). The number of nitro groups is 1. The van der Waals surface area contributed by atoms with Crippen LogP contribution in [0.5, 0.6) is 0 Å². The highest BCUT2D eigenvalue weighted by atomic mass is 16.6. The van der Waals surface area contributed by atoms with E-state index in [0.29, 0.717) is 39.5 Å². The summed E-state index contributed by atoms with van der Waals surface area (Å²) < 4.78 is 0. The molecule has 122 valence electrons. The fourth-order valence-corrected chi connectivity index (χ4v) is 2.72. The Labute approximate surface area is 138 Å². The Balaban J connectivity index is 2.01. The lowest BCUT2D eigenvalue weighted by atomic mass is 10.0. The zero-order chi connectivity index (χ0) is 17.4. The molecular weight excluding hydrogens is 308 g/mol. The Morgan fingerprint density at radius 3 is 2.71 bits per heavy atom. The minimum Gasteiger partial charge on any atom is -0.399 e. The molecule has 4 N–H and O–H groups in total. The maximum atomic E-state index is 12.2. The smallest absolute Gasteiger partial charge is 0.274 e. The number of amides is 1. The van der Waals surface area contributed by atoms with Crippen LogP contribution in [-0.2, 0) is 4.79 Å². The zero-order valence-corrected chi connectivity index (χ0v) is 13.2. The van der Waals surface area contributed by atoms with Crippen molar-refractivity contribution in [1.82, 2.24) is 0 Å². The molecule has 0 unspecified atom stereocenters. The fourth-order valence-electron chi connectivity index (χ4n) is 2.72. The third kappa shape index (κ3) is 2.67. The maximum Gasteiger partial charge on any atom is 0.274 e. The van der Waals surface area contributed by atoms with Crippen LogP contribution in [0.2, 0.25) is 0 Å². The number of allylic oxidation sites excluding steroid dienone is 1. The molecule has 2 aromatic carbocycles. The van der Waals surface area contributed by atoms with Crippen LogP contribution in [0.25, 0.3) is 5.57 Å². The van der Waals surface area contributed by atoms with Crippen molar-refractivity contribution in [3.63, 3.8) is 0 Å². The molecule has 0 radical (unpaired) electrons. The van der Waals surface area contributed by atoms with Gasteiger partial charge in [0, 0.05) is 40.0 Å². The van der Waals surface area contributed by atoms with E-state index in [-0.39, 0.29) is 11.6 Å². The molecular formula is C17H16N4O3.